The first-order chi connectivity index (χ1) is 9.06. The number of nitrogens with two attached hydrogens (primary N) is 1. The first-order valence-corrected chi connectivity index (χ1v) is 5.82. The minimum absolute atomic E-state index is 0.235. The molecule has 0 radical (unpaired) electrons. The molecule has 0 saturated carbocycles. The van der Waals surface area contributed by atoms with E-state index in [2.05, 4.69) is 5.32 Å². The van der Waals surface area contributed by atoms with Gasteiger partial charge in [0, 0.05) is 5.70 Å². The van der Waals surface area contributed by atoms with Gasteiger partial charge in [-0.3, -0.25) is 0 Å². The van der Waals surface area contributed by atoms with Crippen molar-refractivity contribution in [3.05, 3.63) is 35.4 Å². The summed E-state index contributed by atoms with van der Waals surface area (Å²) in [5, 5.41) is 3.48. The van der Waals surface area contributed by atoms with Crippen molar-refractivity contribution in [1.29, 1.82) is 0 Å². The summed E-state index contributed by atoms with van der Waals surface area (Å²) in [6.07, 6.45) is 1.47. The summed E-state index contributed by atoms with van der Waals surface area (Å²) < 4.78 is 10.2. The van der Waals surface area contributed by atoms with E-state index in [4.69, 9.17) is 15.0 Å². The van der Waals surface area contributed by atoms with E-state index in [1.54, 1.807) is 26.0 Å². The van der Waals surface area contributed by atoms with E-state index in [9.17, 15) is 9.59 Å². The zero-order valence-electron chi connectivity index (χ0n) is 10.7. The van der Waals surface area contributed by atoms with Crippen LogP contribution < -0.4 is 11.2 Å². The average molecular weight is 265 g/mol. The van der Waals surface area contributed by atoms with E-state index in [1.165, 1.54) is 6.26 Å². The van der Waals surface area contributed by atoms with Gasteiger partial charge in [0.2, 0.25) is 0 Å². The quantitative estimate of drug-likeness (QED) is 0.483. The van der Waals surface area contributed by atoms with Crippen LogP contribution in [0.15, 0.2) is 34.1 Å². The van der Waals surface area contributed by atoms with Crippen LogP contribution in [-0.2, 0) is 9.53 Å². The summed E-state index contributed by atoms with van der Waals surface area (Å²) in [5.41, 5.74) is 0.600. The SMILES string of the molecule is CCOC(=O)C1=C(C)N(N)C(=O)N[C@@H]1c1ccco1. The van der Waals surface area contributed by atoms with E-state index in [0.717, 1.165) is 5.01 Å². The van der Waals surface area contributed by atoms with Gasteiger partial charge in [-0.05, 0) is 26.0 Å². The van der Waals surface area contributed by atoms with Crippen LogP contribution >= 0.6 is 0 Å². The first-order valence-electron chi connectivity index (χ1n) is 5.82. The summed E-state index contributed by atoms with van der Waals surface area (Å²) in [6.45, 7) is 3.53. The van der Waals surface area contributed by atoms with Gasteiger partial charge in [0.15, 0.2) is 0 Å². The van der Waals surface area contributed by atoms with Crippen molar-refractivity contribution in [2.24, 2.45) is 5.84 Å². The van der Waals surface area contributed by atoms with Crippen LogP contribution in [0.25, 0.3) is 0 Å². The molecule has 19 heavy (non-hydrogen) atoms. The average Bonchev–Trinajstić information content (AvgIpc) is 2.89. The monoisotopic (exact) mass is 265 g/mol. The Morgan fingerprint density at radius 3 is 2.95 bits per heavy atom. The maximum atomic E-state index is 12.0. The number of furan rings is 1. The number of nitrogens with one attached hydrogen (secondary N) is 1. The molecular weight excluding hydrogens is 250 g/mol. The number of urea groups is 1. The second kappa shape index (κ2) is 5.15. The van der Waals surface area contributed by atoms with Crippen LogP contribution in [0.3, 0.4) is 0 Å². The molecule has 0 aliphatic carbocycles. The number of ether oxygens (including phenoxy) is 1. The van der Waals surface area contributed by atoms with Crippen LogP contribution in [0.4, 0.5) is 4.79 Å². The standard InChI is InChI=1S/C12H15N3O4/c1-3-18-11(16)9-7(2)15(13)12(17)14-10(9)8-5-4-6-19-8/h4-6,10H,3,13H2,1-2H3,(H,14,17)/t10-/m1/s1. The molecule has 3 N–H and O–H groups in total. The summed E-state index contributed by atoms with van der Waals surface area (Å²) in [5.74, 6) is 5.50. The number of rotatable bonds is 3. The Morgan fingerprint density at radius 1 is 1.63 bits per heavy atom. The van der Waals surface area contributed by atoms with Gasteiger partial charge >= 0.3 is 12.0 Å². The van der Waals surface area contributed by atoms with Crippen molar-refractivity contribution in [3.63, 3.8) is 0 Å². The van der Waals surface area contributed by atoms with Gasteiger partial charge in [0.1, 0.15) is 11.8 Å². The van der Waals surface area contributed by atoms with Gasteiger partial charge in [0.25, 0.3) is 0 Å². The second-order valence-corrected chi connectivity index (χ2v) is 3.99. The Morgan fingerprint density at radius 2 is 2.37 bits per heavy atom. The fraction of sp³-hybridized carbons (Fsp3) is 0.333. The van der Waals surface area contributed by atoms with Crippen molar-refractivity contribution in [1.82, 2.24) is 10.3 Å². The maximum Gasteiger partial charge on any atom is 0.338 e. The first kappa shape index (κ1) is 13.2. The van der Waals surface area contributed by atoms with Gasteiger partial charge in [0.05, 0.1) is 18.4 Å². The lowest BCUT2D eigenvalue weighted by Crippen LogP contribution is -2.51. The molecule has 2 amide bonds. The summed E-state index contributed by atoms with van der Waals surface area (Å²) in [6, 6.07) is 2.14. The molecule has 1 aliphatic heterocycles. The number of esters is 1. The fourth-order valence-corrected chi connectivity index (χ4v) is 1.90. The van der Waals surface area contributed by atoms with Gasteiger partial charge in [-0.1, -0.05) is 0 Å². The topological polar surface area (TPSA) is 97.8 Å². The number of hydrogen-bond acceptors (Lipinski definition) is 5. The second-order valence-electron chi connectivity index (χ2n) is 3.99. The summed E-state index contributed by atoms with van der Waals surface area (Å²) >= 11 is 0. The molecule has 7 heteroatoms. The van der Waals surface area contributed by atoms with E-state index >= 15 is 0 Å². The highest BCUT2D eigenvalue weighted by Crippen LogP contribution is 2.30. The molecule has 1 atom stereocenters. The molecule has 1 aliphatic rings. The third-order valence-electron chi connectivity index (χ3n) is 2.85. The number of allylic oxidation sites excluding steroid dienone is 1. The van der Waals surface area contributed by atoms with Crippen molar-refractivity contribution >= 4 is 12.0 Å². The third kappa shape index (κ3) is 2.32. The Kier molecular flexibility index (Phi) is 3.57. The van der Waals surface area contributed by atoms with Crippen molar-refractivity contribution in [2.75, 3.05) is 6.61 Å². The normalized spacial score (nSPS) is 19.4. The summed E-state index contributed by atoms with van der Waals surface area (Å²) in [7, 11) is 0. The molecule has 0 unspecified atom stereocenters. The number of hydrazine groups is 1. The molecule has 0 aromatic carbocycles. The molecule has 2 heterocycles. The largest absolute Gasteiger partial charge is 0.467 e. The van der Waals surface area contributed by atoms with Gasteiger partial charge in [-0.2, -0.15) is 0 Å². The summed E-state index contributed by atoms with van der Waals surface area (Å²) in [4.78, 5) is 23.7. The predicted octanol–water partition coefficient (Wildman–Crippen LogP) is 1.06. The minimum atomic E-state index is -0.693. The molecule has 7 nitrogen and oxygen atoms in total. The molecule has 0 bridgehead atoms. The smallest absolute Gasteiger partial charge is 0.338 e. The fourth-order valence-electron chi connectivity index (χ4n) is 1.90. The maximum absolute atomic E-state index is 12.0. The van der Waals surface area contributed by atoms with Gasteiger partial charge < -0.3 is 14.5 Å². The zero-order chi connectivity index (χ0) is 14.0. The van der Waals surface area contributed by atoms with Crippen molar-refractivity contribution in [2.45, 2.75) is 19.9 Å². The van der Waals surface area contributed by atoms with E-state index < -0.39 is 18.0 Å². The van der Waals surface area contributed by atoms with Crippen LogP contribution in [0.2, 0.25) is 0 Å². The lowest BCUT2D eigenvalue weighted by atomic mass is 10.0. The highest BCUT2D eigenvalue weighted by molar-refractivity contribution is 5.94. The van der Waals surface area contributed by atoms with Gasteiger partial charge in [-0.15, -0.1) is 0 Å². The van der Waals surface area contributed by atoms with Crippen LogP contribution in [0.1, 0.15) is 25.6 Å². The number of amides is 2. The number of carbonyl (C=O) groups is 2. The molecule has 2 rings (SSSR count). The van der Waals surface area contributed by atoms with Gasteiger partial charge in [-0.25, -0.2) is 20.4 Å². The number of hydrogen-bond donors (Lipinski definition) is 2. The highest BCUT2D eigenvalue weighted by Gasteiger charge is 2.36. The molecule has 0 fully saturated rings. The Bertz CT molecular complexity index is 521. The molecule has 0 spiro atoms. The Hall–Kier alpha value is -2.28. The lowest BCUT2D eigenvalue weighted by molar-refractivity contribution is -0.139. The van der Waals surface area contributed by atoms with E-state index in [0.29, 0.717) is 11.5 Å². The highest BCUT2D eigenvalue weighted by atomic mass is 16.5. The molecule has 1 aromatic heterocycles. The Labute approximate surface area is 110 Å². The van der Waals surface area contributed by atoms with Crippen LogP contribution in [0, 0.1) is 0 Å². The lowest BCUT2D eigenvalue weighted by Gasteiger charge is -2.31. The molecular formula is C12H15N3O4. The van der Waals surface area contributed by atoms with Crippen LogP contribution in [0.5, 0.6) is 0 Å². The third-order valence-corrected chi connectivity index (χ3v) is 2.85. The van der Waals surface area contributed by atoms with E-state index in [-0.39, 0.29) is 12.2 Å². The van der Waals surface area contributed by atoms with E-state index in [1.807, 2.05) is 0 Å². The number of carbonyl (C=O) groups excluding carboxylic acids is 2. The van der Waals surface area contributed by atoms with Crippen molar-refractivity contribution in [3.8, 4) is 0 Å². The molecule has 1 aromatic rings. The van der Waals surface area contributed by atoms with Crippen molar-refractivity contribution < 1.29 is 18.7 Å². The molecule has 0 saturated heterocycles. The predicted molar refractivity (Wildman–Crippen MR) is 65.3 cm³/mol. The minimum Gasteiger partial charge on any atom is -0.467 e. The van der Waals surface area contributed by atoms with Crippen LogP contribution in [-0.4, -0.2) is 23.6 Å². The Balaban J connectivity index is 2.45. The molecule has 102 valence electrons. The zero-order valence-corrected chi connectivity index (χ0v) is 10.7. The number of nitrogens with zero attached hydrogens (tertiary/aromatic N) is 1.